The summed E-state index contributed by atoms with van der Waals surface area (Å²) in [6.45, 7) is 6.24. The molecule has 7 nitrogen and oxygen atoms in total. The molecule has 0 bridgehead atoms. The maximum atomic E-state index is 9.54. The number of halogens is 1. The number of nitrogens with zero attached hydrogens (tertiary/aromatic N) is 4. The van der Waals surface area contributed by atoms with Crippen LogP contribution in [0.3, 0.4) is 0 Å². The van der Waals surface area contributed by atoms with Crippen LogP contribution in [0.25, 0.3) is 5.69 Å². The molecule has 3 rings (SSSR count). The third kappa shape index (κ3) is 6.72. The number of rotatable bonds is 8. The first-order chi connectivity index (χ1) is 15.1. The van der Waals surface area contributed by atoms with Crippen molar-refractivity contribution < 1.29 is 0 Å². The number of anilines is 1. The lowest BCUT2D eigenvalue weighted by Crippen LogP contribution is -2.37. The Morgan fingerprint density at radius 2 is 1.84 bits per heavy atom. The molecule has 3 aromatic rings. The van der Waals surface area contributed by atoms with Crippen LogP contribution < -0.4 is 16.4 Å². The summed E-state index contributed by atoms with van der Waals surface area (Å²) in [4.78, 5) is 4.65. The van der Waals surface area contributed by atoms with E-state index in [1.165, 1.54) is 11.1 Å². The Hall–Kier alpha value is -3.06. The molecule has 1 heterocycles. The standard InChI is InChI=1S/C24H29N7.HI/c1-3-27-24(29-17-19-13-11-18(2)12-14-19)28-15-7-10-22-21(16-25)23(26)31(30-22)20-8-5-4-6-9-20;/h4-6,8-9,11-14H,3,7,10,15,17,26H2,1-2H3,(H2,27,28,29);1H. The first-order valence-corrected chi connectivity index (χ1v) is 10.5. The molecule has 4 N–H and O–H groups in total. The second-order valence-corrected chi connectivity index (χ2v) is 7.28. The summed E-state index contributed by atoms with van der Waals surface area (Å²) in [5, 5.41) is 20.7. The van der Waals surface area contributed by atoms with Crippen molar-refractivity contribution >= 4 is 35.8 Å². The molecular weight excluding hydrogens is 513 g/mol. The molecular formula is C24H30IN7. The number of benzene rings is 2. The Kier molecular flexibility index (Phi) is 10.0. The van der Waals surface area contributed by atoms with Crippen molar-refractivity contribution in [3.05, 3.63) is 77.0 Å². The van der Waals surface area contributed by atoms with Crippen LogP contribution in [0.5, 0.6) is 0 Å². The minimum absolute atomic E-state index is 0. The highest BCUT2D eigenvalue weighted by molar-refractivity contribution is 14.0. The highest BCUT2D eigenvalue weighted by Gasteiger charge is 2.16. The molecule has 8 heteroatoms. The molecule has 2 aromatic carbocycles. The summed E-state index contributed by atoms with van der Waals surface area (Å²) in [5.41, 5.74) is 10.6. The average molecular weight is 543 g/mol. The van der Waals surface area contributed by atoms with Gasteiger partial charge in [-0.1, -0.05) is 48.0 Å². The quantitative estimate of drug-likeness (QED) is 0.173. The Balaban J connectivity index is 0.00000363. The van der Waals surface area contributed by atoms with E-state index in [-0.39, 0.29) is 24.0 Å². The zero-order valence-electron chi connectivity index (χ0n) is 18.5. The summed E-state index contributed by atoms with van der Waals surface area (Å²) < 4.78 is 1.63. The van der Waals surface area contributed by atoms with Crippen molar-refractivity contribution in [1.29, 1.82) is 5.26 Å². The van der Waals surface area contributed by atoms with Gasteiger partial charge in [0.15, 0.2) is 5.96 Å². The van der Waals surface area contributed by atoms with E-state index in [0.29, 0.717) is 36.6 Å². The largest absolute Gasteiger partial charge is 0.382 e. The van der Waals surface area contributed by atoms with Gasteiger partial charge in [-0.15, -0.1) is 24.0 Å². The van der Waals surface area contributed by atoms with Gasteiger partial charge in [0.05, 0.1) is 17.9 Å². The number of nitrogens with two attached hydrogens (primary N) is 1. The molecule has 0 saturated heterocycles. The molecule has 0 aliphatic heterocycles. The number of aromatic nitrogens is 2. The molecule has 168 valence electrons. The van der Waals surface area contributed by atoms with Crippen LogP contribution in [0, 0.1) is 18.3 Å². The monoisotopic (exact) mass is 543 g/mol. The molecule has 0 fully saturated rings. The maximum Gasteiger partial charge on any atom is 0.191 e. The summed E-state index contributed by atoms with van der Waals surface area (Å²) in [5.74, 6) is 1.16. The third-order valence-corrected chi connectivity index (χ3v) is 4.87. The average Bonchev–Trinajstić information content (AvgIpc) is 3.11. The molecule has 0 unspecified atom stereocenters. The molecule has 0 amide bonds. The number of aliphatic imine (C=N–C) groups is 1. The zero-order valence-corrected chi connectivity index (χ0v) is 20.8. The number of nitrogen functional groups attached to an aromatic ring is 1. The predicted molar refractivity (Wildman–Crippen MR) is 140 cm³/mol. The topological polar surface area (TPSA) is 104 Å². The van der Waals surface area contributed by atoms with E-state index in [4.69, 9.17) is 5.73 Å². The van der Waals surface area contributed by atoms with Crippen molar-refractivity contribution in [2.24, 2.45) is 4.99 Å². The number of guanidine groups is 1. The molecule has 0 aliphatic carbocycles. The Morgan fingerprint density at radius 1 is 1.12 bits per heavy atom. The van der Waals surface area contributed by atoms with Gasteiger partial charge < -0.3 is 16.4 Å². The number of para-hydroxylation sites is 1. The van der Waals surface area contributed by atoms with Crippen LogP contribution in [-0.2, 0) is 13.0 Å². The third-order valence-electron chi connectivity index (χ3n) is 4.87. The Bertz CT molecular complexity index is 1050. The molecule has 1 aromatic heterocycles. The molecule has 0 aliphatic rings. The first-order valence-electron chi connectivity index (χ1n) is 10.5. The van der Waals surface area contributed by atoms with Gasteiger partial charge in [0.25, 0.3) is 0 Å². The fourth-order valence-electron chi connectivity index (χ4n) is 3.21. The smallest absolute Gasteiger partial charge is 0.191 e. The van der Waals surface area contributed by atoms with E-state index < -0.39 is 0 Å². The minimum Gasteiger partial charge on any atom is -0.382 e. The molecule has 32 heavy (non-hydrogen) atoms. The highest BCUT2D eigenvalue weighted by Crippen LogP contribution is 2.21. The van der Waals surface area contributed by atoms with Gasteiger partial charge in [0.1, 0.15) is 17.5 Å². The van der Waals surface area contributed by atoms with Crippen molar-refractivity contribution in [2.45, 2.75) is 33.2 Å². The van der Waals surface area contributed by atoms with Gasteiger partial charge in [-0.05, 0) is 44.4 Å². The maximum absolute atomic E-state index is 9.54. The molecule has 0 saturated carbocycles. The lowest BCUT2D eigenvalue weighted by Gasteiger charge is -2.11. The lowest BCUT2D eigenvalue weighted by molar-refractivity contribution is 0.723. The number of nitrogens with one attached hydrogen (secondary N) is 2. The first kappa shape index (κ1) is 25.2. The Morgan fingerprint density at radius 3 is 2.50 bits per heavy atom. The van der Waals surface area contributed by atoms with E-state index in [1.54, 1.807) is 4.68 Å². The van der Waals surface area contributed by atoms with E-state index in [1.807, 2.05) is 37.3 Å². The van der Waals surface area contributed by atoms with E-state index >= 15 is 0 Å². The molecule has 0 radical (unpaired) electrons. The van der Waals surface area contributed by atoms with Crippen LogP contribution in [-0.4, -0.2) is 28.8 Å². The molecule has 0 atom stereocenters. The second kappa shape index (κ2) is 12.7. The lowest BCUT2D eigenvalue weighted by atomic mass is 10.1. The van der Waals surface area contributed by atoms with Gasteiger partial charge in [0, 0.05) is 13.1 Å². The van der Waals surface area contributed by atoms with Gasteiger partial charge in [0.2, 0.25) is 0 Å². The number of hydrogen-bond acceptors (Lipinski definition) is 4. The summed E-state index contributed by atoms with van der Waals surface area (Å²) in [6.07, 6.45) is 1.45. The van der Waals surface area contributed by atoms with Crippen molar-refractivity contribution in [1.82, 2.24) is 20.4 Å². The van der Waals surface area contributed by atoms with Gasteiger partial charge >= 0.3 is 0 Å². The predicted octanol–water partition coefficient (Wildman–Crippen LogP) is 3.94. The van der Waals surface area contributed by atoms with Crippen molar-refractivity contribution in [2.75, 3.05) is 18.8 Å². The molecule has 0 spiro atoms. The number of aryl methyl sites for hydroxylation is 2. The summed E-state index contributed by atoms with van der Waals surface area (Å²) >= 11 is 0. The van der Waals surface area contributed by atoms with E-state index in [2.05, 4.69) is 58.0 Å². The summed E-state index contributed by atoms with van der Waals surface area (Å²) in [6, 6.07) is 20.2. The van der Waals surface area contributed by atoms with Crippen LogP contribution in [0.2, 0.25) is 0 Å². The zero-order chi connectivity index (χ0) is 22.1. The Labute approximate surface area is 206 Å². The SMILES string of the molecule is CCNC(=NCc1ccc(C)cc1)NCCCc1nn(-c2ccccc2)c(N)c1C#N.I. The van der Waals surface area contributed by atoms with Crippen LogP contribution in [0.1, 0.15) is 35.7 Å². The van der Waals surface area contributed by atoms with Gasteiger partial charge in [-0.3, -0.25) is 0 Å². The number of hydrogen-bond donors (Lipinski definition) is 3. The van der Waals surface area contributed by atoms with Gasteiger partial charge in [-0.2, -0.15) is 10.4 Å². The van der Waals surface area contributed by atoms with Crippen molar-refractivity contribution in [3.8, 4) is 11.8 Å². The summed E-state index contributed by atoms with van der Waals surface area (Å²) in [7, 11) is 0. The minimum atomic E-state index is 0. The van der Waals surface area contributed by atoms with Crippen LogP contribution in [0.15, 0.2) is 59.6 Å². The van der Waals surface area contributed by atoms with E-state index in [0.717, 1.165) is 24.6 Å². The second-order valence-electron chi connectivity index (χ2n) is 7.28. The van der Waals surface area contributed by atoms with Crippen LogP contribution >= 0.6 is 24.0 Å². The van der Waals surface area contributed by atoms with Crippen LogP contribution in [0.4, 0.5) is 5.82 Å². The highest BCUT2D eigenvalue weighted by atomic mass is 127. The van der Waals surface area contributed by atoms with E-state index in [9.17, 15) is 5.26 Å². The fourth-order valence-corrected chi connectivity index (χ4v) is 3.21. The van der Waals surface area contributed by atoms with Crippen molar-refractivity contribution in [3.63, 3.8) is 0 Å². The fraction of sp³-hybridized carbons (Fsp3) is 0.292. The number of nitriles is 1. The normalized spacial score (nSPS) is 10.8. The van der Waals surface area contributed by atoms with Gasteiger partial charge in [-0.25, -0.2) is 9.67 Å².